The van der Waals surface area contributed by atoms with Crippen LogP contribution in [0.1, 0.15) is 46.4 Å². The fourth-order valence-electron chi connectivity index (χ4n) is 3.99. The van der Waals surface area contributed by atoms with Crippen LogP contribution in [0, 0.1) is 0 Å². The normalized spacial score (nSPS) is 21.7. The van der Waals surface area contributed by atoms with E-state index in [1.807, 2.05) is 0 Å². The number of carbonyl (C=O) groups excluding carboxylic acids is 2. The lowest BCUT2D eigenvalue weighted by Crippen LogP contribution is -2.45. The Morgan fingerprint density at radius 3 is 2.19 bits per heavy atom. The molecule has 7 nitrogen and oxygen atoms in total. The number of Topliss-reactive ketones (excluding diaryl/α,β-unsaturated/α-hetero) is 2. The van der Waals surface area contributed by atoms with Gasteiger partial charge in [0.2, 0.25) is 21.6 Å². The van der Waals surface area contributed by atoms with Gasteiger partial charge in [0.25, 0.3) is 0 Å². The number of nitrogens with one attached hydrogen (secondary N) is 1. The first kappa shape index (κ1) is 18.3. The van der Waals surface area contributed by atoms with Gasteiger partial charge in [0.1, 0.15) is 5.70 Å². The summed E-state index contributed by atoms with van der Waals surface area (Å²) in [7, 11) is -4.11. The van der Waals surface area contributed by atoms with Gasteiger partial charge in [0.15, 0.2) is 4.91 Å². The Morgan fingerprint density at radius 1 is 0.963 bits per heavy atom. The Balaban J connectivity index is 1.83. The lowest BCUT2D eigenvalue weighted by molar-refractivity contribution is 0.0499. The quantitative estimate of drug-likeness (QED) is 0.837. The van der Waals surface area contributed by atoms with Crippen molar-refractivity contribution >= 4 is 21.6 Å². The zero-order chi connectivity index (χ0) is 19.0. The van der Waals surface area contributed by atoms with Gasteiger partial charge in [-0.1, -0.05) is 37.1 Å². The molecule has 3 aliphatic rings. The SMILES string of the molecule is O=C1C(N2CCOCC2)=C(S(=O)(=O)NC2CCCC2)C(=O)c2ccccc21. The molecule has 2 fully saturated rings. The number of ketones is 2. The lowest BCUT2D eigenvalue weighted by Gasteiger charge is -2.33. The van der Waals surface area contributed by atoms with Gasteiger partial charge in [-0.3, -0.25) is 9.59 Å². The van der Waals surface area contributed by atoms with E-state index in [1.165, 1.54) is 6.07 Å². The summed E-state index contributed by atoms with van der Waals surface area (Å²) in [5, 5.41) is 0. The van der Waals surface area contributed by atoms with E-state index in [9.17, 15) is 18.0 Å². The number of hydrogen-bond donors (Lipinski definition) is 1. The maximum Gasteiger partial charge on any atom is 0.246 e. The van der Waals surface area contributed by atoms with Crippen LogP contribution < -0.4 is 4.72 Å². The number of sulfonamides is 1. The molecule has 0 amide bonds. The van der Waals surface area contributed by atoms with Crippen LogP contribution in [0.15, 0.2) is 34.9 Å². The van der Waals surface area contributed by atoms with Crippen molar-refractivity contribution in [3.63, 3.8) is 0 Å². The van der Waals surface area contributed by atoms with Gasteiger partial charge in [-0.05, 0) is 12.8 Å². The summed E-state index contributed by atoms with van der Waals surface area (Å²) in [6, 6.07) is 6.21. The van der Waals surface area contributed by atoms with Gasteiger partial charge in [-0.15, -0.1) is 0 Å². The number of nitrogens with zero attached hydrogens (tertiary/aromatic N) is 1. The van der Waals surface area contributed by atoms with Crippen molar-refractivity contribution in [2.75, 3.05) is 26.3 Å². The van der Waals surface area contributed by atoms with E-state index in [1.54, 1.807) is 23.1 Å². The van der Waals surface area contributed by atoms with Crippen LogP contribution in [0.25, 0.3) is 0 Å². The van der Waals surface area contributed by atoms with Gasteiger partial charge >= 0.3 is 0 Å². The predicted molar refractivity (Wildman–Crippen MR) is 98.8 cm³/mol. The molecule has 1 aliphatic heterocycles. The largest absolute Gasteiger partial charge is 0.378 e. The second-order valence-electron chi connectivity index (χ2n) is 7.08. The van der Waals surface area contributed by atoms with Gasteiger partial charge in [-0.25, -0.2) is 13.1 Å². The first-order chi connectivity index (χ1) is 13.0. The van der Waals surface area contributed by atoms with Gasteiger partial charge in [0, 0.05) is 30.3 Å². The monoisotopic (exact) mass is 390 g/mol. The topological polar surface area (TPSA) is 92.8 Å². The number of morpholine rings is 1. The summed E-state index contributed by atoms with van der Waals surface area (Å²) in [4.78, 5) is 27.6. The van der Waals surface area contributed by atoms with Crippen molar-refractivity contribution in [2.24, 2.45) is 0 Å². The van der Waals surface area contributed by atoms with Crippen LogP contribution in [-0.2, 0) is 14.8 Å². The van der Waals surface area contributed by atoms with E-state index in [0.717, 1.165) is 25.7 Å². The highest BCUT2D eigenvalue weighted by Crippen LogP contribution is 2.32. The summed E-state index contributed by atoms with van der Waals surface area (Å²) < 4.78 is 34.3. The van der Waals surface area contributed by atoms with Crippen LogP contribution in [0.4, 0.5) is 0 Å². The highest BCUT2D eigenvalue weighted by atomic mass is 32.2. The van der Waals surface area contributed by atoms with E-state index in [-0.39, 0.29) is 22.9 Å². The number of carbonyl (C=O) groups is 2. The minimum Gasteiger partial charge on any atom is -0.378 e. The summed E-state index contributed by atoms with van der Waals surface area (Å²) in [6.07, 6.45) is 3.41. The molecule has 1 aromatic rings. The van der Waals surface area contributed by atoms with Crippen LogP contribution in [0.3, 0.4) is 0 Å². The summed E-state index contributed by atoms with van der Waals surface area (Å²) in [5.41, 5.74) is 0.377. The lowest BCUT2D eigenvalue weighted by atomic mass is 9.91. The van der Waals surface area contributed by atoms with E-state index < -0.39 is 26.5 Å². The summed E-state index contributed by atoms with van der Waals surface area (Å²) in [5.74, 6) is -1.03. The molecular weight excluding hydrogens is 368 g/mol. The van der Waals surface area contributed by atoms with Crippen LogP contribution >= 0.6 is 0 Å². The zero-order valence-corrected chi connectivity index (χ0v) is 15.8. The third-order valence-electron chi connectivity index (χ3n) is 5.33. The molecule has 0 bridgehead atoms. The number of ether oxygens (including phenoxy) is 1. The van der Waals surface area contributed by atoms with Crippen molar-refractivity contribution in [2.45, 2.75) is 31.7 Å². The molecule has 1 heterocycles. The molecule has 1 saturated carbocycles. The van der Waals surface area contributed by atoms with Crippen molar-refractivity contribution < 1.29 is 22.7 Å². The molecule has 0 aromatic heterocycles. The summed E-state index contributed by atoms with van der Waals surface area (Å²) >= 11 is 0. The highest BCUT2D eigenvalue weighted by molar-refractivity contribution is 7.94. The number of hydrogen-bond acceptors (Lipinski definition) is 6. The third kappa shape index (κ3) is 3.33. The molecule has 4 rings (SSSR count). The fraction of sp³-hybridized carbons (Fsp3) is 0.474. The number of allylic oxidation sites excluding steroid dienone is 2. The first-order valence-electron chi connectivity index (χ1n) is 9.27. The van der Waals surface area contributed by atoms with Gasteiger partial charge < -0.3 is 9.64 Å². The third-order valence-corrected chi connectivity index (χ3v) is 6.89. The van der Waals surface area contributed by atoms with Crippen molar-refractivity contribution in [3.05, 3.63) is 46.0 Å². The average Bonchev–Trinajstić information content (AvgIpc) is 3.17. The standard InChI is InChI=1S/C19H22N2O5S/c22-17-14-7-3-4-8-15(14)18(23)19(16(17)21-9-11-26-12-10-21)27(24,25)20-13-5-1-2-6-13/h3-4,7-8,13,20H,1-2,5-6,9-12H2. The Hall–Kier alpha value is -2.03. The average molecular weight is 390 g/mol. The molecular formula is C19H22N2O5S. The van der Waals surface area contributed by atoms with Crippen LogP contribution in [0.5, 0.6) is 0 Å². The maximum atomic E-state index is 13.2. The molecule has 144 valence electrons. The molecule has 1 N–H and O–H groups in total. The molecule has 1 saturated heterocycles. The molecule has 27 heavy (non-hydrogen) atoms. The number of rotatable bonds is 4. The molecule has 8 heteroatoms. The Morgan fingerprint density at radius 2 is 1.56 bits per heavy atom. The first-order valence-corrected chi connectivity index (χ1v) is 10.7. The maximum absolute atomic E-state index is 13.2. The molecule has 0 atom stereocenters. The highest BCUT2D eigenvalue weighted by Gasteiger charge is 2.42. The van der Waals surface area contributed by atoms with E-state index >= 15 is 0 Å². The second kappa shape index (κ2) is 7.18. The van der Waals surface area contributed by atoms with E-state index in [2.05, 4.69) is 4.72 Å². The molecule has 0 spiro atoms. The number of fused-ring (bicyclic) bond motifs is 1. The number of benzene rings is 1. The zero-order valence-electron chi connectivity index (χ0n) is 14.9. The molecule has 2 aliphatic carbocycles. The van der Waals surface area contributed by atoms with Crippen molar-refractivity contribution in [3.8, 4) is 0 Å². The Labute approximate surface area is 158 Å². The minimum atomic E-state index is -4.11. The van der Waals surface area contributed by atoms with Gasteiger partial charge in [-0.2, -0.15) is 0 Å². The van der Waals surface area contributed by atoms with Crippen molar-refractivity contribution in [1.29, 1.82) is 0 Å². The van der Waals surface area contributed by atoms with E-state index in [4.69, 9.17) is 4.74 Å². The van der Waals surface area contributed by atoms with Gasteiger partial charge in [0.05, 0.1) is 13.2 Å². The Bertz CT molecular complexity index is 910. The minimum absolute atomic E-state index is 0.0208. The fourth-order valence-corrected chi connectivity index (χ4v) is 5.61. The van der Waals surface area contributed by atoms with Crippen LogP contribution in [0.2, 0.25) is 0 Å². The second-order valence-corrected chi connectivity index (χ2v) is 8.73. The van der Waals surface area contributed by atoms with Crippen molar-refractivity contribution in [1.82, 2.24) is 9.62 Å². The van der Waals surface area contributed by atoms with E-state index in [0.29, 0.717) is 26.3 Å². The molecule has 0 unspecified atom stereocenters. The van der Waals surface area contributed by atoms with Crippen LogP contribution in [-0.4, -0.2) is 57.2 Å². The smallest absolute Gasteiger partial charge is 0.246 e. The Kier molecular flexibility index (Phi) is 4.88. The predicted octanol–water partition coefficient (Wildman–Crippen LogP) is 1.47. The summed E-state index contributed by atoms with van der Waals surface area (Å²) in [6.45, 7) is 1.52. The molecule has 1 aromatic carbocycles. The molecule has 0 radical (unpaired) electrons.